The van der Waals surface area contributed by atoms with Crippen LogP contribution < -0.4 is 4.90 Å². The van der Waals surface area contributed by atoms with Crippen LogP contribution in [0.3, 0.4) is 0 Å². The Kier molecular flexibility index (Phi) is 5.99. The fraction of sp³-hybridized carbons (Fsp3) is 0.417. The zero-order chi connectivity index (χ0) is 23.0. The minimum atomic E-state index is -4.08. The molecule has 0 saturated carbocycles. The van der Waals surface area contributed by atoms with E-state index in [2.05, 4.69) is 36.9 Å². The van der Waals surface area contributed by atoms with Gasteiger partial charge in [0.15, 0.2) is 0 Å². The molecular weight excluding hydrogens is 426 g/mol. The normalized spacial score (nSPS) is 19.5. The molecule has 7 nitrogen and oxygen atoms in total. The smallest absolute Gasteiger partial charge is 0.267 e. The Hall–Kier alpha value is -2.87. The number of carbonyl (C=O) groups is 2. The number of anilines is 1. The van der Waals surface area contributed by atoms with Crippen molar-refractivity contribution in [2.24, 2.45) is 0 Å². The molecule has 8 heteroatoms. The fourth-order valence-corrected chi connectivity index (χ4v) is 6.05. The predicted octanol–water partition coefficient (Wildman–Crippen LogP) is 2.64. The van der Waals surface area contributed by atoms with Gasteiger partial charge in [-0.1, -0.05) is 29.8 Å². The molecule has 0 spiro atoms. The maximum Gasteiger partial charge on any atom is 0.267 e. The Morgan fingerprint density at radius 1 is 0.906 bits per heavy atom. The molecule has 2 aromatic carbocycles. The molecule has 170 valence electrons. The Morgan fingerprint density at radius 2 is 1.53 bits per heavy atom. The third-order valence-electron chi connectivity index (χ3n) is 6.32. The van der Waals surface area contributed by atoms with Gasteiger partial charge in [0.2, 0.25) is 11.8 Å². The summed E-state index contributed by atoms with van der Waals surface area (Å²) in [5, 5.41) is 0. The van der Waals surface area contributed by atoms with Gasteiger partial charge in [-0.05, 0) is 56.5 Å². The summed E-state index contributed by atoms with van der Waals surface area (Å²) >= 11 is 0. The maximum atomic E-state index is 13.3. The van der Waals surface area contributed by atoms with E-state index in [9.17, 15) is 18.0 Å². The minimum absolute atomic E-state index is 0.0379. The van der Waals surface area contributed by atoms with Crippen LogP contribution >= 0.6 is 0 Å². The second-order valence-electron chi connectivity index (χ2n) is 8.66. The number of amides is 2. The lowest BCUT2D eigenvalue weighted by Crippen LogP contribution is -2.55. The van der Waals surface area contributed by atoms with Crippen LogP contribution in [-0.4, -0.2) is 61.7 Å². The molecule has 2 aliphatic rings. The highest BCUT2D eigenvalue weighted by Crippen LogP contribution is 2.29. The number of nitrogens with zero attached hydrogens (tertiary/aromatic N) is 3. The summed E-state index contributed by atoms with van der Waals surface area (Å²) in [4.78, 5) is 29.8. The van der Waals surface area contributed by atoms with Crippen LogP contribution in [0.2, 0.25) is 0 Å². The van der Waals surface area contributed by atoms with Crippen molar-refractivity contribution in [3.63, 3.8) is 0 Å². The molecule has 0 bridgehead atoms. The number of hydrogen-bond donors (Lipinski definition) is 0. The monoisotopic (exact) mass is 455 g/mol. The highest BCUT2D eigenvalue weighted by molar-refractivity contribution is 7.89. The second kappa shape index (κ2) is 8.58. The van der Waals surface area contributed by atoms with Crippen molar-refractivity contribution in [1.82, 2.24) is 9.21 Å². The van der Waals surface area contributed by atoms with Gasteiger partial charge in [0.1, 0.15) is 6.04 Å². The molecule has 0 aliphatic carbocycles. The van der Waals surface area contributed by atoms with Gasteiger partial charge in [-0.25, -0.2) is 12.7 Å². The van der Waals surface area contributed by atoms with E-state index in [0.717, 1.165) is 15.6 Å². The van der Waals surface area contributed by atoms with E-state index in [1.165, 1.54) is 23.3 Å². The van der Waals surface area contributed by atoms with Crippen LogP contribution in [0.4, 0.5) is 5.69 Å². The van der Waals surface area contributed by atoms with E-state index in [-0.39, 0.29) is 23.6 Å². The van der Waals surface area contributed by atoms with Crippen LogP contribution in [0.25, 0.3) is 0 Å². The molecule has 2 heterocycles. The number of benzene rings is 2. The van der Waals surface area contributed by atoms with Crippen molar-refractivity contribution in [2.75, 3.05) is 31.1 Å². The third-order valence-corrected chi connectivity index (χ3v) is 8.16. The molecule has 4 rings (SSSR count). The minimum Gasteiger partial charge on any atom is -0.368 e. The van der Waals surface area contributed by atoms with Crippen LogP contribution in [0.1, 0.15) is 29.5 Å². The summed E-state index contributed by atoms with van der Waals surface area (Å²) < 4.78 is 27.2. The van der Waals surface area contributed by atoms with E-state index in [0.29, 0.717) is 26.2 Å². The van der Waals surface area contributed by atoms with Gasteiger partial charge in [0.05, 0.1) is 4.90 Å². The molecule has 2 aromatic rings. The van der Waals surface area contributed by atoms with Gasteiger partial charge in [-0.3, -0.25) is 9.59 Å². The first-order valence-electron chi connectivity index (χ1n) is 10.9. The summed E-state index contributed by atoms with van der Waals surface area (Å²) in [6, 6.07) is 11.7. The second-order valence-corrected chi connectivity index (χ2v) is 10.5. The SMILES string of the molecule is Cc1ccc(S(=O)(=O)N2C(=O)CCC2C(=O)N2CCN(c3cc(C)ccc3C)CC2)cc1. The Labute approximate surface area is 189 Å². The summed E-state index contributed by atoms with van der Waals surface area (Å²) in [6.45, 7) is 8.32. The molecular formula is C24H29N3O4S. The molecule has 1 atom stereocenters. The molecule has 0 aromatic heterocycles. The average Bonchev–Trinajstić information content (AvgIpc) is 3.17. The molecule has 0 radical (unpaired) electrons. The first-order valence-corrected chi connectivity index (χ1v) is 12.4. The number of carbonyl (C=O) groups excluding carboxylic acids is 2. The molecule has 0 N–H and O–H groups in total. The predicted molar refractivity (Wildman–Crippen MR) is 123 cm³/mol. The van der Waals surface area contributed by atoms with Crippen LogP contribution in [0.15, 0.2) is 47.4 Å². The lowest BCUT2D eigenvalue weighted by Gasteiger charge is -2.38. The summed E-state index contributed by atoms with van der Waals surface area (Å²) in [6.07, 6.45) is 0.282. The Morgan fingerprint density at radius 3 is 2.19 bits per heavy atom. The van der Waals surface area contributed by atoms with Crippen molar-refractivity contribution in [1.29, 1.82) is 0 Å². The van der Waals surface area contributed by atoms with E-state index in [1.807, 2.05) is 6.92 Å². The van der Waals surface area contributed by atoms with Crippen molar-refractivity contribution < 1.29 is 18.0 Å². The quantitative estimate of drug-likeness (QED) is 0.708. The van der Waals surface area contributed by atoms with E-state index in [1.54, 1.807) is 17.0 Å². The van der Waals surface area contributed by atoms with Gasteiger partial charge in [-0.2, -0.15) is 0 Å². The molecule has 2 saturated heterocycles. The first kappa shape index (κ1) is 22.3. The molecule has 2 aliphatic heterocycles. The van der Waals surface area contributed by atoms with Gasteiger partial charge in [-0.15, -0.1) is 0 Å². The van der Waals surface area contributed by atoms with Gasteiger partial charge in [0, 0.05) is 38.3 Å². The number of aryl methyl sites for hydroxylation is 3. The van der Waals surface area contributed by atoms with Crippen molar-refractivity contribution in [2.45, 2.75) is 44.6 Å². The summed E-state index contributed by atoms with van der Waals surface area (Å²) in [5.41, 5.74) is 4.46. The third kappa shape index (κ3) is 4.11. The zero-order valence-electron chi connectivity index (χ0n) is 18.7. The Balaban J connectivity index is 1.50. The lowest BCUT2D eigenvalue weighted by atomic mass is 10.1. The van der Waals surface area contributed by atoms with Crippen LogP contribution in [0, 0.1) is 20.8 Å². The highest BCUT2D eigenvalue weighted by atomic mass is 32.2. The standard InChI is InChI=1S/C24H29N3O4S/c1-17-5-8-20(9-6-17)32(30,31)27-21(10-11-23(27)28)24(29)26-14-12-25(13-15-26)22-16-18(2)4-7-19(22)3/h4-9,16,21H,10-15H2,1-3H3. The summed E-state index contributed by atoms with van der Waals surface area (Å²) in [7, 11) is -4.08. The molecule has 2 amide bonds. The summed E-state index contributed by atoms with van der Waals surface area (Å²) in [5.74, 6) is -0.801. The van der Waals surface area contributed by atoms with Crippen molar-refractivity contribution >= 4 is 27.5 Å². The van der Waals surface area contributed by atoms with Gasteiger partial charge < -0.3 is 9.80 Å². The van der Waals surface area contributed by atoms with Crippen molar-refractivity contribution in [3.8, 4) is 0 Å². The number of hydrogen-bond acceptors (Lipinski definition) is 5. The average molecular weight is 456 g/mol. The first-order chi connectivity index (χ1) is 15.2. The van der Waals surface area contributed by atoms with E-state index in [4.69, 9.17) is 0 Å². The molecule has 32 heavy (non-hydrogen) atoms. The fourth-order valence-electron chi connectivity index (χ4n) is 4.45. The van der Waals surface area contributed by atoms with Crippen LogP contribution in [0.5, 0.6) is 0 Å². The highest BCUT2D eigenvalue weighted by Gasteiger charge is 2.45. The van der Waals surface area contributed by atoms with Gasteiger partial charge in [0.25, 0.3) is 10.0 Å². The number of sulfonamides is 1. The Bertz CT molecular complexity index is 1140. The van der Waals surface area contributed by atoms with E-state index >= 15 is 0 Å². The largest absolute Gasteiger partial charge is 0.368 e. The molecule has 2 fully saturated rings. The zero-order valence-corrected chi connectivity index (χ0v) is 19.6. The number of rotatable bonds is 4. The maximum absolute atomic E-state index is 13.3. The van der Waals surface area contributed by atoms with Crippen molar-refractivity contribution in [3.05, 3.63) is 59.2 Å². The van der Waals surface area contributed by atoms with Gasteiger partial charge >= 0.3 is 0 Å². The van der Waals surface area contributed by atoms with E-state index < -0.39 is 22.0 Å². The topological polar surface area (TPSA) is 78.0 Å². The molecule has 1 unspecified atom stereocenters. The number of piperazine rings is 1. The lowest BCUT2D eigenvalue weighted by molar-refractivity contribution is -0.138. The van der Waals surface area contributed by atoms with Crippen LogP contribution in [-0.2, 0) is 19.6 Å².